The maximum Gasteiger partial charge on any atom is 0.232 e. The van der Waals surface area contributed by atoms with Crippen molar-refractivity contribution in [2.75, 3.05) is 5.73 Å². The van der Waals surface area contributed by atoms with Crippen molar-refractivity contribution < 1.29 is 0 Å². The Morgan fingerprint density at radius 3 is 2.92 bits per heavy atom. The molecular formula is C9H15N3S. The highest BCUT2D eigenvalue weighted by molar-refractivity contribution is 7.05. The van der Waals surface area contributed by atoms with Crippen LogP contribution in [0.5, 0.6) is 0 Å². The normalized spacial score (nSPS) is 29.0. The van der Waals surface area contributed by atoms with Gasteiger partial charge in [-0.15, -0.1) is 0 Å². The third-order valence-corrected chi connectivity index (χ3v) is 3.63. The molecule has 0 radical (unpaired) electrons. The molecule has 1 aromatic rings. The summed E-state index contributed by atoms with van der Waals surface area (Å²) in [6.07, 6.45) is 5.21. The van der Waals surface area contributed by atoms with E-state index in [1.807, 2.05) is 0 Å². The summed E-state index contributed by atoms with van der Waals surface area (Å²) in [7, 11) is 0. The third-order valence-electron chi connectivity index (χ3n) is 2.74. The van der Waals surface area contributed by atoms with Gasteiger partial charge in [-0.05, 0) is 30.3 Å². The summed E-state index contributed by atoms with van der Waals surface area (Å²) >= 11 is 1.47. The maximum atomic E-state index is 5.51. The van der Waals surface area contributed by atoms with E-state index >= 15 is 0 Å². The Labute approximate surface area is 82.5 Å². The molecule has 72 valence electrons. The first-order chi connectivity index (χ1) is 6.25. The third kappa shape index (κ3) is 1.99. The number of aromatic nitrogens is 2. The molecule has 4 heteroatoms. The summed E-state index contributed by atoms with van der Waals surface area (Å²) in [5.74, 6) is 1.90. The Kier molecular flexibility index (Phi) is 2.49. The van der Waals surface area contributed by atoms with Crippen molar-refractivity contribution in [3.05, 3.63) is 5.01 Å². The fourth-order valence-electron chi connectivity index (χ4n) is 2.07. The predicted molar refractivity (Wildman–Crippen MR) is 54.7 cm³/mol. The molecular weight excluding hydrogens is 182 g/mol. The standard InChI is InChI=1S/C9H15N3S/c1-6-3-2-4-7(5-6)8-11-9(10)12-13-8/h6-7H,2-5H2,1H3,(H2,10,12). The predicted octanol–water partition coefficient (Wildman–Crippen LogP) is 2.41. The molecule has 1 heterocycles. The van der Waals surface area contributed by atoms with Crippen LogP contribution in [0.15, 0.2) is 0 Å². The Morgan fingerprint density at radius 2 is 2.31 bits per heavy atom. The zero-order chi connectivity index (χ0) is 9.26. The van der Waals surface area contributed by atoms with Crippen molar-refractivity contribution in [2.24, 2.45) is 5.92 Å². The zero-order valence-electron chi connectivity index (χ0n) is 7.86. The molecule has 2 unspecified atom stereocenters. The lowest BCUT2D eigenvalue weighted by molar-refractivity contribution is 0.343. The number of nitrogen functional groups attached to an aromatic ring is 1. The highest BCUT2D eigenvalue weighted by Gasteiger charge is 2.22. The lowest BCUT2D eigenvalue weighted by Gasteiger charge is -2.24. The van der Waals surface area contributed by atoms with Gasteiger partial charge in [0.2, 0.25) is 5.95 Å². The summed E-state index contributed by atoms with van der Waals surface area (Å²) in [6, 6.07) is 0. The maximum absolute atomic E-state index is 5.51. The van der Waals surface area contributed by atoms with Gasteiger partial charge in [0.1, 0.15) is 5.01 Å². The minimum Gasteiger partial charge on any atom is -0.367 e. The van der Waals surface area contributed by atoms with Crippen molar-refractivity contribution in [3.63, 3.8) is 0 Å². The van der Waals surface area contributed by atoms with Crippen LogP contribution in [-0.4, -0.2) is 9.36 Å². The lowest BCUT2D eigenvalue weighted by Crippen LogP contribution is -2.11. The van der Waals surface area contributed by atoms with Crippen LogP contribution in [0.2, 0.25) is 0 Å². The van der Waals surface area contributed by atoms with Crippen molar-refractivity contribution in [1.29, 1.82) is 0 Å². The molecule has 1 aromatic heterocycles. The van der Waals surface area contributed by atoms with Crippen LogP contribution in [0.25, 0.3) is 0 Å². The molecule has 1 fully saturated rings. The SMILES string of the molecule is CC1CCCC(c2nc(N)ns2)C1. The van der Waals surface area contributed by atoms with E-state index in [0.717, 1.165) is 10.9 Å². The highest BCUT2D eigenvalue weighted by atomic mass is 32.1. The molecule has 1 saturated carbocycles. The van der Waals surface area contributed by atoms with Gasteiger partial charge >= 0.3 is 0 Å². The van der Waals surface area contributed by atoms with E-state index in [1.54, 1.807) is 0 Å². The monoisotopic (exact) mass is 197 g/mol. The van der Waals surface area contributed by atoms with Crippen molar-refractivity contribution in [3.8, 4) is 0 Å². The van der Waals surface area contributed by atoms with E-state index in [4.69, 9.17) is 5.73 Å². The van der Waals surface area contributed by atoms with Gasteiger partial charge in [-0.2, -0.15) is 4.37 Å². The summed E-state index contributed by atoms with van der Waals surface area (Å²) in [5, 5.41) is 1.14. The van der Waals surface area contributed by atoms with Crippen LogP contribution in [0.1, 0.15) is 43.5 Å². The molecule has 0 saturated heterocycles. The average molecular weight is 197 g/mol. The smallest absolute Gasteiger partial charge is 0.232 e. The second kappa shape index (κ2) is 3.62. The van der Waals surface area contributed by atoms with Gasteiger partial charge in [0, 0.05) is 5.92 Å². The van der Waals surface area contributed by atoms with Gasteiger partial charge in [-0.1, -0.05) is 19.8 Å². The first kappa shape index (κ1) is 8.94. The highest BCUT2D eigenvalue weighted by Crippen LogP contribution is 2.36. The Balaban J connectivity index is 2.08. The minimum atomic E-state index is 0.443. The van der Waals surface area contributed by atoms with Crippen molar-refractivity contribution >= 4 is 17.5 Å². The van der Waals surface area contributed by atoms with E-state index in [9.17, 15) is 0 Å². The number of nitrogens with two attached hydrogens (primary N) is 1. The van der Waals surface area contributed by atoms with Crippen molar-refractivity contribution in [1.82, 2.24) is 9.36 Å². The molecule has 13 heavy (non-hydrogen) atoms. The summed E-state index contributed by atoms with van der Waals surface area (Å²) < 4.78 is 4.03. The zero-order valence-corrected chi connectivity index (χ0v) is 8.68. The first-order valence-corrected chi connectivity index (χ1v) is 5.62. The molecule has 0 aromatic carbocycles. The second-order valence-corrected chi connectivity index (χ2v) is 4.74. The summed E-state index contributed by atoms with van der Waals surface area (Å²) in [6.45, 7) is 2.32. The Bertz CT molecular complexity index is 284. The quantitative estimate of drug-likeness (QED) is 0.752. The van der Waals surface area contributed by atoms with Gasteiger partial charge in [0.15, 0.2) is 0 Å². The molecule has 1 aliphatic carbocycles. The molecule has 2 N–H and O–H groups in total. The van der Waals surface area contributed by atoms with Gasteiger partial charge in [-0.25, -0.2) is 4.98 Å². The molecule has 1 aliphatic rings. The van der Waals surface area contributed by atoms with E-state index < -0.39 is 0 Å². The average Bonchev–Trinajstić information content (AvgIpc) is 2.52. The number of nitrogens with zero attached hydrogens (tertiary/aromatic N) is 2. The van der Waals surface area contributed by atoms with Crippen LogP contribution in [0.3, 0.4) is 0 Å². The summed E-state index contributed by atoms with van der Waals surface area (Å²) in [4.78, 5) is 4.25. The lowest BCUT2D eigenvalue weighted by atomic mass is 9.83. The largest absolute Gasteiger partial charge is 0.367 e. The van der Waals surface area contributed by atoms with Crippen LogP contribution in [0, 0.1) is 5.92 Å². The van der Waals surface area contributed by atoms with Gasteiger partial charge in [-0.3, -0.25) is 0 Å². The van der Waals surface area contributed by atoms with Crippen LogP contribution in [-0.2, 0) is 0 Å². The minimum absolute atomic E-state index is 0.443. The van der Waals surface area contributed by atoms with Gasteiger partial charge in [0.25, 0.3) is 0 Å². The van der Waals surface area contributed by atoms with E-state index in [-0.39, 0.29) is 0 Å². The first-order valence-electron chi connectivity index (χ1n) is 4.85. The number of hydrogen-bond donors (Lipinski definition) is 1. The van der Waals surface area contributed by atoms with Crippen LogP contribution in [0.4, 0.5) is 5.95 Å². The molecule has 2 rings (SSSR count). The number of anilines is 1. The Hall–Kier alpha value is -0.640. The Morgan fingerprint density at radius 1 is 1.46 bits per heavy atom. The fourth-order valence-corrected chi connectivity index (χ4v) is 2.80. The van der Waals surface area contributed by atoms with Crippen molar-refractivity contribution in [2.45, 2.75) is 38.5 Å². The summed E-state index contributed by atoms with van der Waals surface area (Å²) in [5.41, 5.74) is 5.51. The molecule has 0 spiro atoms. The van der Waals surface area contributed by atoms with Crippen LogP contribution >= 0.6 is 11.5 Å². The molecule has 0 amide bonds. The fraction of sp³-hybridized carbons (Fsp3) is 0.778. The van der Waals surface area contributed by atoms with E-state index in [1.165, 1.54) is 37.2 Å². The van der Waals surface area contributed by atoms with Gasteiger partial charge < -0.3 is 5.73 Å². The van der Waals surface area contributed by atoms with E-state index in [2.05, 4.69) is 16.3 Å². The van der Waals surface area contributed by atoms with Crippen LogP contribution < -0.4 is 5.73 Å². The molecule has 0 aliphatic heterocycles. The molecule has 3 nitrogen and oxygen atoms in total. The van der Waals surface area contributed by atoms with Gasteiger partial charge in [0.05, 0.1) is 0 Å². The van der Waals surface area contributed by atoms with E-state index in [0.29, 0.717) is 11.9 Å². The second-order valence-electron chi connectivity index (χ2n) is 3.96. The number of rotatable bonds is 1. The molecule has 0 bridgehead atoms. The topological polar surface area (TPSA) is 51.8 Å². The number of hydrogen-bond acceptors (Lipinski definition) is 4. The molecule has 2 atom stereocenters.